The fraction of sp³-hybridized carbons (Fsp3) is 0.444. The minimum atomic E-state index is -0.506. The third-order valence-electron chi connectivity index (χ3n) is 4.33. The minimum Gasteiger partial charge on any atom is -0.493 e. The van der Waals surface area contributed by atoms with Gasteiger partial charge < -0.3 is 24.2 Å². The van der Waals surface area contributed by atoms with Gasteiger partial charge in [-0.15, -0.1) is 0 Å². The molecule has 9 nitrogen and oxygen atoms in total. The zero-order valence-corrected chi connectivity index (χ0v) is 15.4. The van der Waals surface area contributed by atoms with E-state index in [4.69, 9.17) is 9.26 Å². The van der Waals surface area contributed by atoms with Crippen LogP contribution in [0.4, 0.5) is 9.18 Å². The van der Waals surface area contributed by atoms with Crippen LogP contribution in [0, 0.1) is 5.82 Å². The van der Waals surface area contributed by atoms with E-state index in [-0.39, 0.29) is 24.3 Å². The van der Waals surface area contributed by atoms with Crippen molar-refractivity contribution in [2.45, 2.75) is 18.8 Å². The summed E-state index contributed by atoms with van der Waals surface area (Å²) in [6, 6.07) is 5.43. The highest BCUT2D eigenvalue weighted by molar-refractivity contribution is 5.81. The molecule has 1 aromatic carbocycles. The molecule has 0 saturated carbocycles. The number of urea groups is 1. The lowest BCUT2D eigenvalue weighted by atomic mass is 10.1. The predicted octanol–water partition coefficient (Wildman–Crippen LogP) is 1.50. The Morgan fingerprint density at radius 2 is 2.14 bits per heavy atom. The Bertz CT molecular complexity index is 811. The quantitative estimate of drug-likeness (QED) is 0.712. The van der Waals surface area contributed by atoms with E-state index >= 15 is 0 Å². The van der Waals surface area contributed by atoms with Crippen LogP contribution in [-0.2, 0) is 16.0 Å². The Hall–Kier alpha value is -3.17. The first kappa shape index (κ1) is 19.6. The van der Waals surface area contributed by atoms with Gasteiger partial charge in [-0.3, -0.25) is 4.79 Å². The third kappa shape index (κ3) is 5.18. The first-order valence-corrected chi connectivity index (χ1v) is 8.85. The largest absolute Gasteiger partial charge is 0.493 e. The van der Waals surface area contributed by atoms with Gasteiger partial charge in [0.25, 0.3) is 0 Å². The number of nitrogens with one attached hydrogen (secondary N) is 1. The molecule has 1 aliphatic rings. The summed E-state index contributed by atoms with van der Waals surface area (Å²) in [6.45, 7) is 1.12. The molecular formula is C18H21FN4O5. The molecule has 3 rings (SSSR count). The van der Waals surface area contributed by atoms with Crippen LogP contribution in [0.3, 0.4) is 0 Å². The number of benzene rings is 1. The molecular weight excluding hydrogens is 371 g/mol. The highest BCUT2D eigenvalue weighted by Gasteiger charge is 2.31. The monoisotopic (exact) mass is 392 g/mol. The summed E-state index contributed by atoms with van der Waals surface area (Å²) in [4.78, 5) is 29.1. The Labute approximate surface area is 160 Å². The number of nitrogens with zero attached hydrogens (tertiary/aromatic N) is 3. The lowest BCUT2D eigenvalue weighted by Gasteiger charge is -2.16. The Morgan fingerprint density at radius 3 is 2.89 bits per heavy atom. The second-order valence-electron chi connectivity index (χ2n) is 6.27. The van der Waals surface area contributed by atoms with E-state index in [1.807, 2.05) is 0 Å². The maximum absolute atomic E-state index is 12.9. The molecule has 1 atom stereocenters. The van der Waals surface area contributed by atoms with Crippen molar-refractivity contribution in [3.63, 3.8) is 0 Å². The molecule has 1 saturated heterocycles. The van der Waals surface area contributed by atoms with Gasteiger partial charge in [0.1, 0.15) is 18.1 Å². The highest BCUT2D eigenvalue weighted by Crippen LogP contribution is 2.26. The van der Waals surface area contributed by atoms with E-state index in [0.717, 1.165) is 0 Å². The van der Waals surface area contributed by atoms with E-state index in [1.54, 1.807) is 17.0 Å². The number of esters is 1. The van der Waals surface area contributed by atoms with Crippen molar-refractivity contribution in [3.05, 3.63) is 41.8 Å². The van der Waals surface area contributed by atoms with E-state index in [0.29, 0.717) is 50.0 Å². The van der Waals surface area contributed by atoms with Crippen LogP contribution in [-0.4, -0.2) is 60.4 Å². The van der Waals surface area contributed by atoms with Gasteiger partial charge in [-0.2, -0.15) is 4.98 Å². The molecule has 28 heavy (non-hydrogen) atoms. The average molecular weight is 392 g/mol. The Balaban J connectivity index is 1.44. The number of halogens is 1. The Morgan fingerprint density at radius 1 is 1.36 bits per heavy atom. The van der Waals surface area contributed by atoms with E-state index in [1.165, 1.54) is 19.2 Å². The molecule has 1 aromatic heterocycles. The predicted molar refractivity (Wildman–Crippen MR) is 94.2 cm³/mol. The standard InChI is InChI=1S/C18H21FN4O5/c1-26-16(24)10-20-18(25)23-8-6-12(11-23)17-21-15(22-28-17)7-9-27-14-4-2-13(19)3-5-14/h2-5,12H,6-11H2,1H3,(H,20,25). The number of carbonyl (C=O) groups excluding carboxylic acids is 2. The molecule has 0 radical (unpaired) electrons. The maximum Gasteiger partial charge on any atom is 0.325 e. The fourth-order valence-corrected chi connectivity index (χ4v) is 2.80. The molecule has 0 aliphatic carbocycles. The lowest BCUT2D eigenvalue weighted by molar-refractivity contribution is -0.139. The number of methoxy groups -OCH3 is 1. The topological polar surface area (TPSA) is 107 Å². The van der Waals surface area contributed by atoms with Gasteiger partial charge in [-0.1, -0.05) is 5.16 Å². The molecule has 2 amide bonds. The number of rotatable bonds is 7. The number of amides is 2. The van der Waals surface area contributed by atoms with Crippen molar-refractivity contribution in [2.24, 2.45) is 0 Å². The van der Waals surface area contributed by atoms with Crippen molar-refractivity contribution >= 4 is 12.0 Å². The molecule has 0 bridgehead atoms. The first-order valence-electron chi connectivity index (χ1n) is 8.85. The van der Waals surface area contributed by atoms with Crippen LogP contribution >= 0.6 is 0 Å². The number of aromatic nitrogens is 2. The van der Waals surface area contributed by atoms with Gasteiger partial charge in [0.2, 0.25) is 5.89 Å². The molecule has 2 aromatic rings. The smallest absolute Gasteiger partial charge is 0.325 e. The second kappa shape index (κ2) is 9.16. The minimum absolute atomic E-state index is 0.0526. The van der Waals surface area contributed by atoms with Crippen molar-refractivity contribution in [1.82, 2.24) is 20.4 Å². The number of hydrogen-bond donors (Lipinski definition) is 1. The number of ether oxygens (including phenoxy) is 2. The normalized spacial score (nSPS) is 16.1. The molecule has 1 unspecified atom stereocenters. The summed E-state index contributed by atoms with van der Waals surface area (Å²) in [7, 11) is 1.26. The lowest BCUT2D eigenvalue weighted by Crippen LogP contribution is -2.40. The van der Waals surface area contributed by atoms with Crippen LogP contribution in [0.5, 0.6) is 5.75 Å². The molecule has 1 N–H and O–H groups in total. The van der Waals surface area contributed by atoms with Crippen LogP contribution in [0.2, 0.25) is 0 Å². The first-order chi connectivity index (χ1) is 13.5. The molecule has 1 fully saturated rings. The van der Waals surface area contributed by atoms with Crippen LogP contribution in [0.1, 0.15) is 24.1 Å². The van der Waals surface area contributed by atoms with Gasteiger partial charge in [-0.05, 0) is 30.7 Å². The summed E-state index contributed by atoms with van der Waals surface area (Å²) in [6.07, 6.45) is 1.14. The maximum atomic E-state index is 12.9. The second-order valence-corrected chi connectivity index (χ2v) is 6.27. The zero-order chi connectivity index (χ0) is 19.9. The van der Waals surface area contributed by atoms with Gasteiger partial charge in [0, 0.05) is 19.5 Å². The van der Waals surface area contributed by atoms with E-state index in [9.17, 15) is 14.0 Å². The van der Waals surface area contributed by atoms with Crippen molar-refractivity contribution in [1.29, 1.82) is 0 Å². The van der Waals surface area contributed by atoms with E-state index in [2.05, 4.69) is 20.2 Å². The van der Waals surface area contributed by atoms with Gasteiger partial charge in [-0.25, -0.2) is 9.18 Å². The van der Waals surface area contributed by atoms with Crippen molar-refractivity contribution < 1.29 is 28.0 Å². The summed E-state index contributed by atoms with van der Waals surface area (Å²) in [5.41, 5.74) is 0. The summed E-state index contributed by atoms with van der Waals surface area (Å²) < 4.78 is 28.2. The van der Waals surface area contributed by atoms with Gasteiger partial charge in [0.05, 0.1) is 19.6 Å². The van der Waals surface area contributed by atoms with Crippen LogP contribution < -0.4 is 10.1 Å². The summed E-state index contributed by atoms with van der Waals surface area (Å²) in [5, 5.41) is 6.45. The molecule has 1 aliphatic heterocycles. The third-order valence-corrected chi connectivity index (χ3v) is 4.33. The molecule has 150 valence electrons. The zero-order valence-electron chi connectivity index (χ0n) is 15.4. The molecule has 0 spiro atoms. The van der Waals surface area contributed by atoms with Crippen molar-refractivity contribution in [2.75, 3.05) is 33.4 Å². The highest BCUT2D eigenvalue weighted by atomic mass is 19.1. The fourth-order valence-electron chi connectivity index (χ4n) is 2.80. The van der Waals surface area contributed by atoms with Crippen molar-refractivity contribution in [3.8, 4) is 5.75 Å². The van der Waals surface area contributed by atoms with Gasteiger partial charge in [0.15, 0.2) is 5.82 Å². The number of carbonyl (C=O) groups is 2. The van der Waals surface area contributed by atoms with Crippen LogP contribution in [0.15, 0.2) is 28.8 Å². The van der Waals surface area contributed by atoms with E-state index < -0.39 is 5.97 Å². The van der Waals surface area contributed by atoms with Gasteiger partial charge >= 0.3 is 12.0 Å². The Kier molecular flexibility index (Phi) is 6.41. The average Bonchev–Trinajstić information content (AvgIpc) is 3.37. The number of likely N-dealkylation sites (tertiary alicyclic amines) is 1. The molecule has 10 heteroatoms. The number of hydrogen-bond acceptors (Lipinski definition) is 7. The molecule has 2 heterocycles. The summed E-state index contributed by atoms with van der Waals surface area (Å²) in [5.74, 6) is 0.664. The van der Waals surface area contributed by atoms with Crippen LogP contribution in [0.25, 0.3) is 0 Å². The summed E-state index contributed by atoms with van der Waals surface area (Å²) >= 11 is 0. The SMILES string of the molecule is COC(=O)CNC(=O)N1CCC(c2nc(CCOc3ccc(F)cc3)no2)C1.